The van der Waals surface area contributed by atoms with Gasteiger partial charge in [0.1, 0.15) is 9.39 Å². The Labute approximate surface area is 100.0 Å². The van der Waals surface area contributed by atoms with Gasteiger partial charge in [-0.3, -0.25) is 4.79 Å². The number of thioether (sulfide) groups is 1. The summed E-state index contributed by atoms with van der Waals surface area (Å²) < 4.78 is 5.58. The first-order chi connectivity index (χ1) is 6.69. The number of hydrogen-bond acceptors (Lipinski definition) is 4. The lowest BCUT2D eigenvalue weighted by Gasteiger charge is -2.04. The number of aromatic nitrogens is 2. The summed E-state index contributed by atoms with van der Waals surface area (Å²) in [6.45, 7) is 0.379. The van der Waals surface area contributed by atoms with E-state index in [4.69, 9.17) is 4.74 Å². The van der Waals surface area contributed by atoms with E-state index in [-0.39, 0.29) is 5.56 Å². The van der Waals surface area contributed by atoms with Crippen molar-refractivity contribution < 1.29 is 4.74 Å². The monoisotopic (exact) mass is 326 g/mol. The van der Waals surface area contributed by atoms with Gasteiger partial charge in [0, 0.05) is 7.11 Å². The number of nitrogens with zero attached hydrogens (tertiary/aromatic N) is 1. The summed E-state index contributed by atoms with van der Waals surface area (Å²) in [4.78, 5) is 18.5. The van der Waals surface area contributed by atoms with Crippen molar-refractivity contribution in [2.45, 2.75) is 12.4 Å². The minimum Gasteiger partial charge on any atom is -0.378 e. The summed E-state index contributed by atoms with van der Waals surface area (Å²) in [5, 5.41) is 0. The van der Waals surface area contributed by atoms with E-state index in [2.05, 4.69) is 9.97 Å². The summed E-state index contributed by atoms with van der Waals surface area (Å²) in [5.41, 5.74) is 0.623. The number of ether oxygens (including phenoxy) is 1. The SMILES string of the molecule is COCc1nc(CSC)[nH]c(=O)c1I. The largest absolute Gasteiger partial charge is 0.378 e. The molecule has 1 heterocycles. The van der Waals surface area contributed by atoms with Gasteiger partial charge in [0.2, 0.25) is 0 Å². The maximum absolute atomic E-state index is 11.4. The zero-order valence-corrected chi connectivity index (χ0v) is 10.9. The van der Waals surface area contributed by atoms with Crippen molar-refractivity contribution in [1.82, 2.24) is 9.97 Å². The maximum atomic E-state index is 11.4. The third-order valence-corrected chi connectivity index (χ3v) is 3.22. The van der Waals surface area contributed by atoms with E-state index >= 15 is 0 Å². The molecule has 0 fully saturated rings. The highest BCUT2D eigenvalue weighted by atomic mass is 127. The lowest BCUT2D eigenvalue weighted by Crippen LogP contribution is -2.18. The van der Waals surface area contributed by atoms with Crippen LogP contribution in [0.3, 0.4) is 0 Å². The Morgan fingerprint density at radius 2 is 2.36 bits per heavy atom. The topological polar surface area (TPSA) is 55.0 Å². The molecule has 6 heteroatoms. The Kier molecular flexibility index (Phi) is 4.90. The molecule has 0 bridgehead atoms. The molecule has 0 saturated heterocycles. The standard InChI is InChI=1S/C8H11IN2O2S/c1-13-3-5-7(9)8(12)11-6(10-5)4-14-2/h3-4H2,1-2H3,(H,10,11,12). The Balaban J connectivity index is 3.07. The smallest absolute Gasteiger partial charge is 0.264 e. The maximum Gasteiger partial charge on any atom is 0.264 e. The summed E-state index contributed by atoms with van der Waals surface area (Å²) >= 11 is 3.60. The third-order valence-electron chi connectivity index (χ3n) is 1.54. The van der Waals surface area contributed by atoms with E-state index in [1.807, 2.05) is 28.8 Å². The molecule has 0 aliphatic heterocycles. The van der Waals surface area contributed by atoms with Gasteiger partial charge in [-0.05, 0) is 28.8 Å². The van der Waals surface area contributed by atoms with E-state index in [0.29, 0.717) is 27.4 Å². The molecule has 1 N–H and O–H groups in total. The van der Waals surface area contributed by atoms with Crippen molar-refractivity contribution in [3.8, 4) is 0 Å². The minimum atomic E-state index is -0.0864. The van der Waals surface area contributed by atoms with Crippen LogP contribution in [0.5, 0.6) is 0 Å². The molecule has 0 aliphatic rings. The van der Waals surface area contributed by atoms with Gasteiger partial charge in [-0.15, -0.1) is 0 Å². The lowest BCUT2D eigenvalue weighted by atomic mass is 10.4. The zero-order valence-electron chi connectivity index (χ0n) is 7.96. The Morgan fingerprint density at radius 1 is 1.64 bits per heavy atom. The highest BCUT2D eigenvalue weighted by Crippen LogP contribution is 2.08. The van der Waals surface area contributed by atoms with Crippen LogP contribution >= 0.6 is 34.4 Å². The second-order valence-electron chi connectivity index (χ2n) is 2.64. The number of halogens is 1. The molecule has 0 atom stereocenters. The van der Waals surface area contributed by atoms with E-state index in [1.165, 1.54) is 0 Å². The average molecular weight is 326 g/mol. The van der Waals surface area contributed by atoms with Crippen molar-refractivity contribution in [2.24, 2.45) is 0 Å². The fourth-order valence-corrected chi connectivity index (χ4v) is 1.82. The number of nitrogens with one attached hydrogen (secondary N) is 1. The van der Waals surface area contributed by atoms with Gasteiger partial charge in [-0.2, -0.15) is 11.8 Å². The van der Waals surface area contributed by atoms with Gasteiger partial charge in [0.05, 0.1) is 18.1 Å². The van der Waals surface area contributed by atoms with Crippen LogP contribution in [0.4, 0.5) is 0 Å². The first-order valence-electron chi connectivity index (χ1n) is 3.94. The fourth-order valence-electron chi connectivity index (χ4n) is 0.994. The molecule has 0 unspecified atom stereocenters. The predicted molar refractivity (Wildman–Crippen MR) is 65.5 cm³/mol. The molecular formula is C8H11IN2O2S. The number of methoxy groups -OCH3 is 1. The van der Waals surface area contributed by atoms with Crippen molar-refractivity contribution in [1.29, 1.82) is 0 Å². The summed E-state index contributed by atoms with van der Waals surface area (Å²) in [7, 11) is 1.59. The van der Waals surface area contributed by atoms with Crippen LogP contribution in [0.25, 0.3) is 0 Å². The molecule has 1 aromatic heterocycles. The molecule has 0 saturated carbocycles. The number of hydrogen-bond donors (Lipinski definition) is 1. The van der Waals surface area contributed by atoms with Crippen molar-refractivity contribution in [3.63, 3.8) is 0 Å². The van der Waals surface area contributed by atoms with E-state index in [1.54, 1.807) is 18.9 Å². The van der Waals surface area contributed by atoms with Gasteiger partial charge in [0.25, 0.3) is 5.56 Å². The second kappa shape index (κ2) is 5.72. The third kappa shape index (κ3) is 2.96. The molecule has 4 nitrogen and oxygen atoms in total. The summed E-state index contributed by atoms with van der Waals surface area (Å²) in [5.74, 6) is 1.41. The van der Waals surface area contributed by atoms with Crippen molar-refractivity contribution >= 4 is 34.4 Å². The van der Waals surface area contributed by atoms with Crippen LogP contribution in [-0.4, -0.2) is 23.3 Å². The Bertz CT molecular complexity index is 367. The molecule has 0 aromatic carbocycles. The molecule has 0 amide bonds. The van der Waals surface area contributed by atoms with E-state index in [9.17, 15) is 4.79 Å². The van der Waals surface area contributed by atoms with E-state index in [0.717, 1.165) is 0 Å². The average Bonchev–Trinajstić information content (AvgIpc) is 2.14. The molecule has 14 heavy (non-hydrogen) atoms. The Hall–Kier alpha value is -0.0800. The lowest BCUT2D eigenvalue weighted by molar-refractivity contribution is 0.180. The highest BCUT2D eigenvalue weighted by Gasteiger charge is 2.07. The second-order valence-corrected chi connectivity index (χ2v) is 4.58. The quantitative estimate of drug-likeness (QED) is 0.850. The van der Waals surface area contributed by atoms with Crippen LogP contribution < -0.4 is 5.56 Å². The van der Waals surface area contributed by atoms with Crippen molar-refractivity contribution in [3.05, 3.63) is 25.4 Å². The van der Waals surface area contributed by atoms with Crippen LogP contribution in [-0.2, 0) is 17.1 Å². The fraction of sp³-hybridized carbons (Fsp3) is 0.500. The van der Waals surface area contributed by atoms with Gasteiger partial charge in [-0.25, -0.2) is 4.98 Å². The minimum absolute atomic E-state index is 0.0864. The first kappa shape index (κ1) is 12.0. The first-order valence-corrected chi connectivity index (χ1v) is 6.41. The molecule has 0 spiro atoms. The Morgan fingerprint density at radius 3 is 2.93 bits per heavy atom. The normalized spacial score (nSPS) is 10.5. The van der Waals surface area contributed by atoms with Crippen LogP contribution in [0.15, 0.2) is 4.79 Å². The predicted octanol–water partition coefficient (Wildman–Crippen LogP) is 1.38. The molecule has 78 valence electrons. The molecule has 1 rings (SSSR count). The number of H-pyrrole nitrogens is 1. The van der Waals surface area contributed by atoms with Gasteiger partial charge in [-0.1, -0.05) is 0 Å². The highest BCUT2D eigenvalue weighted by molar-refractivity contribution is 14.1. The molecule has 0 aliphatic carbocycles. The number of aromatic amines is 1. The molecular weight excluding hydrogens is 315 g/mol. The van der Waals surface area contributed by atoms with Crippen molar-refractivity contribution in [2.75, 3.05) is 13.4 Å². The van der Waals surface area contributed by atoms with E-state index < -0.39 is 0 Å². The van der Waals surface area contributed by atoms with Gasteiger partial charge >= 0.3 is 0 Å². The molecule has 0 radical (unpaired) electrons. The summed E-state index contributed by atoms with van der Waals surface area (Å²) in [6, 6.07) is 0. The van der Waals surface area contributed by atoms with Gasteiger partial charge < -0.3 is 9.72 Å². The van der Waals surface area contributed by atoms with Crippen LogP contribution in [0.2, 0.25) is 0 Å². The number of rotatable bonds is 4. The van der Waals surface area contributed by atoms with Gasteiger partial charge in [0.15, 0.2) is 0 Å². The van der Waals surface area contributed by atoms with Crippen LogP contribution in [0.1, 0.15) is 11.5 Å². The van der Waals surface area contributed by atoms with Crippen LogP contribution in [0, 0.1) is 3.57 Å². The summed E-state index contributed by atoms with van der Waals surface area (Å²) in [6.07, 6.45) is 1.97. The zero-order chi connectivity index (χ0) is 10.6. The molecule has 1 aromatic rings.